The number of nitrogens with zero attached hydrogens (tertiary/aromatic N) is 3. The first-order valence-corrected chi connectivity index (χ1v) is 8.66. The van der Waals surface area contributed by atoms with E-state index in [4.69, 9.17) is 9.47 Å². The number of hydrogen-bond acceptors (Lipinski definition) is 6. The molecule has 0 unspecified atom stereocenters. The summed E-state index contributed by atoms with van der Waals surface area (Å²) in [4.78, 5) is 27.1. The first kappa shape index (κ1) is 16.2. The average Bonchev–Trinajstić information content (AvgIpc) is 3.08. The van der Waals surface area contributed by atoms with Gasteiger partial charge < -0.3 is 14.5 Å². The Hall–Kier alpha value is -2.26. The van der Waals surface area contributed by atoms with Gasteiger partial charge in [0, 0.05) is 23.6 Å². The van der Waals surface area contributed by atoms with Crippen molar-refractivity contribution in [1.82, 2.24) is 19.6 Å². The number of esters is 1. The molecular weight excluding hydrogens is 392 g/mol. The number of ether oxygens (including phenoxy) is 2. The molecule has 4 rings (SSSR count). The summed E-state index contributed by atoms with van der Waals surface area (Å²) in [5.74, 6) is 0.433. The van der Waals surface area contributed by atoms with Crippen LogP contribution in [0.3, 0.4) is 0 Å². The maximum Gasteiger partial charge on any atom is 0.339 e. The van der Waals surface area contributed by atoms with Gasteiger partial charge in [-0.1, -0.05) is 0 Å². The first-order valence-electron chi connectivity index (χ1n) is 7.86. The third kappa shape index (κ3) is 2.63. The minimum Gasteiger partial charge on any atom is -0.465 e. The first-order chi connectivity index (χ1) is 12.1. The van der Waals surface area contributed by atoms with Crippen molar-refractivity contribution in [2.45, 2.75) is 18.8 Å². The highest BCUT2D eigenvalue weighted by Gasteiger charge is 2.24. The van der Waals surface area contributed by atoms with E-state index >= 15 is 0 Å². The predicted octanol–water partition coefficient (Wildman–Crippen LogP) is 2.01. The molecule has 0 bridgehead atoms. The van der Waals surface area contributed by atoms with Crippen molar-refractivity contribution in [3.05, 3.63) is 38.3 Å². The van der Waals surface area contributed by atoms with Crippen molar-refractivity contribution < 1.29 is 14.3 Å². The number of methoxy groups -OCH3 is 1. The maximum absolute atomic E-state index is 12.4. The van der Waals surface area contributed by atoms with Gasteiger partial charge in [0.2, 0.25) is 5.65 Å². The molecule has 1 aromatic carbocycles. The van der Waals surface area contributed by atoms with Crippen molar-refractivity contribution in [1.29, 1.82) is 0 Å². The quantitative estimate of drug-likeness (QED) is 0.653. The van der Waals surface area contributed by atoms with Crippen LogP contribution in [0.5, 0.6) is 0 Å². The molecule has 0 aliphatic carbocycles. The fourth-order valence-corrected chi connectivity index (χ4v) is 3.69. The molecule has 1 N–H and O–H groups in total. The SMILES string of the molecule is COC(=O)c1cc2[nH]c(=O)c3nnc(C4CCOCC4)n3c2cc1Br. The summed E-state index contributed by atoms with van der Waals surface area (Å²) in [6.07, 6.45) is 1.66. The highest BCUT2D eigenvalue weighted by Crippen LogP contribution is 2.29. The Labute approximate surface area is 150 Å². The van der Waals surface area contributed by atoms with Crippen LogP contribution in [0, 0.1) is 0 Å². The third-order valence-electron chi connectivity index (χ3n) is 4.46. The molecule has 3 heterocycles. The fourth-order valence-electron chi connectivity index (χ4n) is 3.19. The molecule has 130 valence electrons. The lowest BCUT2D eigenvalue weighted by Gasteiger charge is -2.20. The second kappa shape index (κ2) is 6.23. The molecular formula is C16H15BrN4O4. The Kier molecular flexibility index (Phi) is 4.04. The summed E-state index contributed by atoms with van der Waals surface area (Å²) < 4.78 is 12.5. The van der Waals surface area contributed by atoms with Crippen molar-refractivity contribution in [2.24, 2.45) is 0 Å². The molecule has 1 fully saturated rings. The van der Waals surface area contributed by atoms with Crippen LogP contribution in [0.1, 0.15) is 34.9 Å². The van der Waals surface area contributed by atoms with E-state index < -0.39 is 5.97 Å². The fraction of sp³-hybridized carbons (Fsp3) is 0.375. The summed E-state index contributed by atoms with van der Waals surface area (Å²) in [5, 5.41) is 8.33. The summed E-state index contributed by atoms with van der Waals surface area (Å²) in [6, 6.07) is 3.37. The number of carbonyl (C=O) groups excluding carboxylic acids is 1. The zero-order valence-electron chi connectivity index (χ0n) is 13.4. The smallest absolute Gasteiger partial charge is 0.339 e. The largest absolute Gasteiger partial charge is 0.465 e. The van der Waals surface area contributed by atoms with Crippen LogP contribution < -0.4 is 5.56 Å². The number of aromatic amines is 1. The van der Waals surface area contributed by atoms with Crippen molar-refractivity contribution in [3.8, 4) is 0 Å². The number of carbonyl (C=O) groups is 1. The zero-order chi connectivity index (χ0) is 17.6. The molecule has 0 atom stereocenters. The standard InChI is InChI=1S/C16H15BrN4O4/c1-24-16(23)9-6-11-12(7-10(9)17)21-13(8-2-4-25-5-3-8)19-20-14(21)15(22)18-11/h6-8H,2-5H2,1H3,(H,18,22). The monoisotopic (exact) mass is 406 g/mol. The van der Waals surface area contributed by atoms with E-state index in [0.29, 0.717) is 28.8 Å². The van der Waals surface area contributed by atoms with Crippen molar-refractivity contribution in [2.75, 3.05) is 20.3 Å². The predicted molar refractivity (Wildman–Crippen MR) is 92.9 cm³/mol. The minimum absolute atomic E-state index is 0.174. The van der Waals surface area contributed by atoms with Crippen molar-refractivity contribution in [3.63, 3.8) is 0 Å². The Morgan fingerprint density at radius 3 is 2.84 bits per heavy atom. The van der Waals surface area contributed by atoms with Crippen LogP contribution in [-0.4, -0.2) is 45.9 Å². The van der Waals surface area contributed by atoms with E-state index in [0.717, 1.165) is 24.2 Å². The zero-order valence-corrected chi connectivity index (χ0v) is 15.0. The van der Waals surface area contributed by atoms with Gasteiger partial charge in [0.15, 0.2) is 0 Å². The van der Waals surface area contributed by atoms with Crippen LogP contribution >= 0.6 is 15.9 Å². The number of H-pyrrole nitrogens is 1. The molecule has 8 nitrogen and oxygen atoms in total. The number of halogens is 1. The van der Waals surface area contributed by atoms with Gasteiger partial charge in [-0.25, -0.2) is 4.79 Å². The Morgan fingerprint density at radius 2 is 2.12 bits per heavy atom. The molecule has 2 aromatic heterocycles. The number of fused-ring (bicyclic) bond motifs is 3. The van der Waals surface area contributed by atoms with Crippen LogP contribution in [-0.2, 0) is 9.47 Å². The van der Waals surface area contributed by atoms with Gasteiger partial charge in [-0.3, -0.25) is 9.20 Å². The van der Waals surface area contributed by atoms with Gasteiger partial charge in [0.1, 0.15) is 5.82 Å². The van der Waals surface area contributed by atoms with Gasteiger partial charge in [-0.15, -0.1) is 10.2 Å². The van der Waals surface area contributed by atoms with Crippen LogP contribution in [0.4, 0.5) is 0 Å². The van der Waals surface area contributed by atoms with Crippen LogP contribution in [0.25, 0.3) is 16.7 Å². The minimum atomic E-state index is -0.483. The van der Waals surface area contributed by atoms with E-state index in [1.165, 1.54) is 7.11 Å². The van der Waals surface area contributed by atoms with Gasteiger partial charge in [0.05, 0.1) is 23.7 Å². The van der Waals surface area contributed by atoms with E-state index in [1.807, 2.05) is 0 Å². The van der Waals surface area contributed by atoms with Gasteiger partial charge in [-0.05, 0) is 40.9 Å². The molecule has 0 saturated carbocycles. The van der Waals surface area contributed by atoms with Gasteiger partial charge >= 0.3 is 5.97 Å². The molecule has 9 heteroatoms. The number of aromatic nitrogens is 4. The lowest BCUT2D eigenvalue weighted by molar-refractivity contribution is 0.0600. The lowest BCUT2D eigenvalue weighted by Crippen LogP contribution is -2.18. The highest BCUT2D eigenvalue weighted by molar-refractivity contribution is 9.10. The second-order valence-electron chi connectivity index (χ2n) is 5.90. The number of benzene rings is 1. The molecule has 1 saturated heterocycles. The molecule has 1 aliphatic rings. The molecule has 1 aliphatic heterocycles. The van der Waals surface area contributed by atoms with Crippen LogP contribution in [0.2, 0.25) is 0 Å². The Morgan fingerprint density at radius 1 is 1.36 bits per heavy atom. The second-order valence-corrected chi connectivity index (χ2v) is 6.75. The molecule has 0 amide bonds. The molecule has 0 radical (unpaired) electrons. The molecule has 0 spiro atoms. The topological polar surface area (TPSA) is 98.6 Å². The Balaban J connectivity index is 2.01. The average molecular weight is 407 g/mol. The number of nitrogens with one attached hydrogen (secondary N) is 1. The van der Waals surface area contributed by atoms with E-state index in [-0.39, 0.29) is 17.1 Å². The summed E-state index contributed by atoms with van der Waals surface area (Å²) in [7, 11) is 1.31. The van der Waals surface area contributed by atoms with Gasteiger partial charge in [-0.2, -0.15) is 0 Å². The third-order valence-corrected chi connectivity index (χ3v) is 5.11. The van der Waals surface area contributed by atoms with Crippen molar-refractivity contribution >= 4 is 38.6 Å². The number of hydrogen-bond donors (Lipinski definition) is 1. The lowest BCUT2D eigenvalue weighted by atomic mass is 9.99. The summed E-state index contributed by atoms with van der Waals surface area (Å²) >= 11 is 3.40. The van der Waals surface area contributed by atoms with Crippen LogP contribution in [0.15, 0.2) is 21.4 Å². The summed E-state index contributed by atoms with van der Waals surface area (Å²) in [6.45, 7) is 1.33. The molecule has 3 aromatic rings. The van der Waals surface area contributed by atoms with E-state index in [9.17, 15) is 9.59 Å². The van der Waals surface area contributed by atoms with Gasteiger partial charge in [0.25, 0.3) is 5.56 Å². The van der Waals surface area contributed by atoms with E-state index in [2.05, 4.69) is 31.1 Å². The summed E-state index contributed by atoms with van der Waals surface area (Å²) in [5.41, 5.74) is 1.48. The number of rotatable bonds is 2. The highest BCUT2D eigenvalue weighted by atomic mass is 79.9. The van der Waals surface area contributed by atoms with E-state index in [1.54, 1.807) is 16.5 Å². The molecule has 25 heavy (non-hydrogen) atoms. The normalized spacial score (nSPS) is 15.8. The maximum atomic E-state index is 12.4. The Bertz CT molecular complexity index is 1040.